The number of carbonyl (C=O) groups excluding carboxylic acids is 1. The number of nitrogens with one attached hydrogen (secondary N) is 1. The molecule has 2 aromatic rings. The Morgan fingerprint density at radius 3 is 2.55 bits per heavy atom. The second-order valence-corrected chi connectivity index (χ2v) is 8.72. The topological polar surface area (TPSA) is 52.6 Å². The van der Waals surface area contributed by atoms with Crippen molar-refractivity contribution in [1.29, 1.82) is 0 Å². The molecule has 2 aliphatic rings. The van der Waals surface area contributed by atoms with Gasteiger partial charge < -0.3 is 15.3 Å². The Kier molecular flexibility index (Phi) is 6.02. The summed E-state index contributed by atoms with van der Waals surface area (Å²) >= 11 is 0. The molecule has 0 unspecified atom stereocenters. The van der Waals surface area contributed by atoms with Gasteiger partial charge in [0.1, 0.15) is 0 Å². The number of fused-ring (bicyclic) bond motifs is 1. The van der Waals surface area contributed by atoms with Gasteiger partial charge in [-0.1, -0.05) is 48.0 Å². The third kappa shape index (κ3) is 4.88. The van der Waals surface area contributed by atoms with Gasteiger partial charge >= 0.3 is 0 Å². The molecule has 1 fully saturated rings. The number of nitrogens with zero attached hydrogens (tertiary/aromatic N) is 1. The lowest BCUT2D eigenvalue weighted by Gasteiger charge is -2.38. The second kappa shape index (κ2) is 8.68. The first kappa shape index (κ1) is 20.1. The number of amides is 1. The zero-order chi connectivity index (χ0) is 20.3. The highest BCUT2D eigenvalue weighted by atomic mass is 16.3. The van der Waals surface area contributed by atoms with Crippen LogP contribution in [-0.2, 0) is 29.7 Å². The lowest BCUT2D eigenvalue weighted by molar-refractivity contribution is -0.120. The van der Waals surface area contributed by atoms with Crippen LogP contribution in [0.1, 0.15) is 47.1 Å². The van der Waals surface area contributed by atoms with Gasteiger partial charge in [0.05, 0.1) is 12.0 Å². The Morgan fingerprint density at radius 2 is 1.79 bits per heavy atom. The first-order chi connectivity index (χ1) is 14.0. The molecule has 0 spiro atoms. The summed E-state index contributed by atoms with van der Waals surface area (Å²) < 4.78 is 0. The minimum Gasteiger partial charge on any atom is -0.385 e. The molecule has 2 N–H and O–H groups in total. The molecule has 154 valence electrons. The van der Waals surface area contributed by atoms with Crippen LogP contribution in [0, 0.1) is 6.92 Å². The Bertz CT molecular complexity index is 852. The van der Waals surface area contributed by atoms with Gasteiger partial charge in [0.25, 0.3) is 0 Å². The summed E-state index contributed by atoms with van der Waals surface area (Å²) in [5.74, 6) is 0.0936. The lowest BCUT2D eigenvalue weighted by Crippen LogP contribution is -2.45. The van der Waals surface area contributed by atoms with Crippen molar-refractivity contribution in [3.8, 4) is 0 Å². The van der Waals surface area contributed by atoms with Crippen molar-refractivity contribution in [2.75, 3.05) is 26.2 Å². The van der Waals surface area contributed by atoms with E-state index in [0.717, 1.165) is 50.0 Å². The molecule has 1 aliphatic carbocycles. The summed E-state index contributed by atoms with van der Waals surface area (Å²) in [6.45, 7) is 5.26. The fourth-order valence-corrected chi connectivity index (χ4v) is 4.64. The smallest absolute Gasteiger partial charge is 0.224 e. The van der Waals surface area contributed by atoms with Gasteiger partial charge in [-0.05, 0) is 61.3 Å². The zero-order valence-electron chi connectivity index (χ0n) is 17.4. The number of aryl methyl sites for hydroxylation is 3. The van der Waals surface area contributed by atoms with Crippen molar-refractivity contribution in [2.24, 2.45) is 0 Å². The monoisotopic (exact) mass is 392 g/mol. The van der Waals surface area contributed by atoms with E-state index in [1.165, 1.54) is 29.5 Å². The first-order valence-corrected chi connectivity index (χ1v) is 10.9. The maximum Gasteiger partial charge on any atom is 0.224 e. The fourth-order valence-electron chi connectivity index (χ4n) is 4.64. The van der Waals surface area contributed by atoms with Gasteiger partial charge in [0.15, 0.2) is 0 Å². The van der Waals surface area contributed by atoms with Gasteiger partial charge in [-0.3, -0.25) is 4.79 Å². The summed E-state index contributed by atoms with van der Waals surface area (Å²) in [5.41, 5.74) is 5.50. The van der Waals surface area contributed by atoms with E-state index in [-0.39, 0.29) is 5.91 Å². The van der Waals surface area contributed by atoms with Gasteiger partial charge in [-0.2, -0.15) is 0 Å². The summed E-state index contributed by atoms with van der Waals surface area (Å²) in [6, 6.07) is 14.7. The molecule has 4 nitrogen and oxygen atoms in total. The number of aliphatic hydroxyl groups is 1. The summed E-state index contributed by atoms with van der Waals surface area (Å²) in [7, 11) is 0. The Morgan fingerprint density at radius 1 is 1.07 bits per heavy atom. The molecule has 1 aliphatic heterocycles. The highest BCUT2D eigenvalue weighted by Crippen LogP contribution is 2.32. The predicted octanol–water partition coefficient (Wildman–Crippen LogP) is 3.13. The molecule has 0 radical (unpaired) electrons. The Labute approximate surface area is 173 Å². The highest BCUT2D eigenvalue weighted by Gasteiger charge is 2.33. The molecule has 4 rings (SSSR count). The summed E-state index contributed by atoms with van der Waals surface area (Å²) in [4.78, 5) is 14.6. The van der Waals surface area contributed by atoms with Crippen LogP contribution in [0.2, 0.25) is 0 Å². The number of hydrogen-bond donors (Lipinski definition) is 2. The second-order valence-electron chi connectivity index (χ2n) is 8.72. The molecule has 1 saturated heterocycles. The summed E-state index contributed by atoms with van der Waals surface area (Å²) in [6.07, 6.45) is 5.49. The zero-order valence-corrected chi connectivity index (χ0v) is 17.4. The van der Waals surface area contributed by atoms with Crippen molar-refractivity contribution in [2.45, 2.75) is 51.0 Å². The van der Waals surface area contributed by atoms with Crippen molar-refractivity contribution >= 4 is 5.91 Å². The van der Waals surface area contributed by atoms with Gasteiger partial charge in [0.2, 0.25) is 5.91 Å². The van der Waals surface area contributed by atoms with Crippen LogP contribution in [0.15, 0.2) is 42.5 Å². The molecule has 29 heavy (non-hydrogen) atoms. The third-order valence-corrected chi connectivity index (χ3v) is 6.55. The molecular weight excluding hydrogens is 360 g/mol. The first-order valence-electron chi connectivity index (χ1n) is 10.9. The van der Waals surface area contributed by atoms with E-state index in [9.17, 15) is 9.90 Å². The number of likely N-dealkylation sites (tertiary alicyclic amines) is 1. The van der Waals surface area contributed by atoms with Gasteiger partial charge in [0, 0.05) is 26.2 Å². The predicted molar refractivity (Wildman–Crippen MR) is 116 cm³/mol. The normalized spacial score (nSPS) is 18.4. The molecule has 0 aromatic heterocycles. The molecule has 2 aromatic carbocycles. The number of benzene rings is 2. The van der Waals surface area contributed by atoms with Crippen molar-refractivity contribution in [3.63, 3.8) is 0 Å². The maximum absolute atomic E-state index is 12.3. The number of rotatable bonds is 6. The number of piperidine rings is 1. The average Bonchev–Trinajstić information content (AvgIpc) is 3.18. The van der Waals surface area contributed by atoms with Crippen LogP contribution in [0.4, 0.5) is 0 Å². The Hall–Kier alpha value is -2.17. The lowest BCUT2D eigenvalue weighted by atomic mass is 9.84. The molecule has 0 bridgehead atoms. The quantitative estimate of drug-likeness (QED) is 0.794. The van der Waals surface area contributed by atoms with E-state index < -0.39 is 5.60 Å². The maximum atomic E-state index is 12.3. The van der Waals surface area contributed by atoms with Crippen LogP contribution in [0.25, 0.3) is 0 Å². The van der Waals surface area contributed by atoms with Crippen molar-refractivity contribution in [3.05, 3.63) is 70.3 Å². The van der Waals surface area contributed by atoms with Gasteiger partial charge in [-0.15, -0.1) is 0 Å². The van der Waals surface area contributed by atoms with Crippen LogP contribution in [0.5, 0.6) is 0 Å². The molecule has 0 atom stereocenters. The number of hydrogen-bond acceptors (Lipinski definition) is 3. The molecule has 0 saturated carbocycles. The van der Waals surface area contributed by atoms with E-state index in [1.54, 1.807) is 0 Å². The minimum atomic E-state index is -0.721. The van der Waals surface area contributed by atoms with Crippen molar-refractivity contribution in [1.82, 2.24) is 10.2 Å². The number of carbonyl (C=O) groups is 1. The van der Waals surface area contributed by atoms with Crippen LogP contribution < -0.4 is 5.32 Å². The van der Waals surface area contributed by atoms with E-state index in [2.05, 4.69) is 47.5 Å². The standard InChI is InChI=1S/C25H32N2O2/c1-19-5-9-23(10-6-19)25(29)11-14-27(15-12-25)16-13-26-24(28)18-20-7-8-21-3-2-4-22(21)17-20/h5-10,17,29H,2-4,11-16,18H2,1H3,(H,26,28). The van der Waals surface area contributed by atoms with E-state index in [4.69, 9.17) is 0 Å². The third-order valence-electron chi connectivity index (χ3n) is 6.55. The van der Waals surface area contributed by atoms with Crippen LogP contribution in [0.3, 0.4) is 0 Å². The Balaban J connectivity index is 1.19. The van der Waals surface area contributed by atoms with Gasteiger partial charge in [-0.25, -0.2) is 0 Å². The highest BCUT2D eigenvalue weighted by molar-refractivity contribution is 5.78. The van der Waals surface area contributed by atoms with Crippen LogP contribution in [-0.4, -0.2) is 42.1 Å². The summed E-state index contributed by atoms with van der Waals surface area (Å²) in [5, 5.41) is 14.1. The molecule has 1 amide bonds. The molecule has 1 heterocycles. The van der Waals surface area contributed by atoms with E-state index in [1.807, 2.05) is 12.1 Å². The van der Waals surface area contributed by atoms with E-state index >= 15 is 0 Å². The molecule has 4 heteroatoms. The fraction of sp³-hybridized carbons (Fsp3) is 0.480. The van der Waals surface area contributed by atoms with E-state index in [0.29, 0.717) is 13.0 Å². The minimum absolute atomic E-state index is 0.0936. The average molecular weight is 393 g/mol. The SMILES string of the molecule is Cc1ccc(C2(O)CCN(CCNC(=O)Cc3ccc4c(c3)CCC4)CC2)cc1. The van der Waals surface area contributed by atoms with Crippen LogP contribution >= 0.6 is 0 Å². The molecular formula is C25H32N2O2. The largest absolute Gasteiger partial charge is 0.385 e. The van der Waals surface area contributed by atoms with Crippen molar-refractivity contribution < 1.29 is 9.90 Å².